The lowest BCUT2D eigenvalue weighted by Crippen LogP contribution is -2.13. The third kappa shape index (κ3) is 2.28. The quantitative estimate of drug-likeness (QED) is 0.639. The van der Waals surface area contributed by atoms with Gasteiger partial charge in [0.15, 0.2) is 0 Å². The van der Waals surface area contributed by atoms with Crippen LogP contribution in [-0.4, -0.2) is 20.1 Å². The van der Waals surface area contributed by atoms with Crippen molar-refractivity contribution in [3.8, 4) is 0 Å². The molecule has 0 spiro atoms. The van der Waals surface area contributed by atoms with Gasteiger partial charge in [-0.3, -0.25) is 9.48 Å². The smallest absolute Gasteiger partial charge is 0.200 e. The van der Waals surface area contributed by atoms with E-state index >= 15 is 0 Å². The van der Waals surface area contributed by atoms with Gasteiger partial charge < -0.3 is 4.57 Å². The molecule has 0 N–H and O–H groups in total. The molecule has 0 radical (unpaired) electrons. The molecule has 0 aromatic carbocycles. The van der Waals surface area contributed by atoms with Crippen LogP contribution in [0.5, 0.6) is 0 Å². The molecule has 2 aromatic heterocycles. The Balaban J connectivity index is 2.14. The predicted molar refractivity (Wildman–Crippen MR) is 64.7 cm³/mol. The molecule has 15 heavy (non-hydrogen) atoms. The highest BCUT2D eigenvalue weighted by Gasteiger charge is 2.09. The maximum atomic E-state index is 11.8. The third-order valence-electron chi connectivity index (χ3n) is 2.14. The van der Waals surface area contributed by atoms with Crippen molar-refractivity contribution < 1.29 is 4.79 Å². The van der Waals surface area contributed by atoms with E-state index in [2.05, 4.69) is 27.7 Å². The molecule has 0 atom stereocenters. The molecule has 0 fully saturated rings. The second-order valence-electron chi connectivity index (χ2n) is 3.28. The number of carbonyl (C=O) groups excluding carboxylic acids is 1. The molecule has 2 aromatic rings. The first kappa shape index (κ1) is 10.4. The number of rotatable bonds is 3. The van der Waals surface area contributed by atoms with Crippen LogP contribution in [0.3, 0.4) is 0 Å². The summed E-state index contributed by atoms with van der Waals surface area (Å²) in [5, 5.41) is 4.07. The summed E-state index contributed by atoms with van der Waals surface area (Å²) >= 11 is 2.17. The first-order valence-corrected chi connectivity index (χ1v) is 5.57. The number of hydrogen-bond donors (Lipinski definition) is 0. The Bertz CT molecular complexity index is 486. The molecule has 0 amide bonds. The van der Waals surface area contributed by atoms with Crippen LogP contribution in [0, 0.1) is 3.57 Å². The number of carbonyl (C=O) groups is 1. The molecule has 0 aliphatic rings. The molecule has 4 nitrogen and oxygen atoms in total. The second kappa shape index (κ2) is 4.18. The van der Waals surface area contributed by atoms with Gasteiger partial charge in [0, 0.05) is 19.4 Å². The lowest BCUT2D eigenvalue weighted by molar-refractivity contribution is 0.0960. The molecule has 2 heterocycles. The molecule has 0 saturated heterocycles. The lowest BCUT2D eigenvalue weighted by atomic mass is 10.3. The van der Waals surface area contributed by atoms with Crippen LogP contribution in [0.2, 0.25) is 0 Å². The highest BCUT2D eigenvalue weighted by atomic mass is 127. The fourth-order valence-corrected chi connectivity index (χ4v) is 1.85. The minimum absolute atomic E-state index is 0.0713. The van der Waals surface area contributed by atoms with Gasteiger partial charge in [-0.15, -0.1) is 0 Å². The van der Waals surface area contributed by atoms with Gasteiger partial charge in [-0.25, -0.2) is 0 Å². The van der Waals surface area contributed by atoms with Gasteiger partial charge in [0.2, 0.25) is 5.78 Å². The van der Waals surface area contributed by atoms with E-state index in [1.807, 2.05) is 36.1 Å². The summed E-state index contributed by atoms with van der Waals surface area (Å²) in [4.78, 5) is 11.8. The number of aryl methyl sites for hydroxylation is 1. The Kier molecular flexibility index (Phi) is 2.90. The molecule has 0 bridgehead atoms. The fraction of sp³-hybridized carbons (Fsp3) is 0.200. The van der Waals surface area contributed by atoms with Gasteiger partial charge in [0.05, 0.1) is 15.5 Å². The zero-order valence-corrected chi connectivity index (χ0v) is 10.4. The molecule has 0 unspecified atom stereocenters. The number of halogens is 1. The van der Waals surface area contributed by atoms with Crippen molar-refractivity contribution in [3.05, 3.63) is 40.0 Å². The van der Waals surface area contributed by atoms with Gasteiger partial charge >= 0.3 is 0 Å². The van der Waals surface area contributed by atoms with Gasteiger partial charge in [-0.2, -0.15) is 5.10 Å². The normalized spacial score (nSPS) is 10.5. The van der Waals surface area contributed by atoms with Crippen LogP contribution in [0.1, 0.15) is 10.5 Å². The Morgan fingerprint density at radius 1 is 1.60 bits per heavy atom. The summed E-state index contributed by atoms with van der Waals surface area (Å²) in [5.41, 5.74) is 0.709. The Morgan fingerprint density at radius 3 is 2.93 bits per heavy atom. The van der Waals surface area contributed by atoms with E-state index < -0.39 is 0 Å². The van der Waals surface area contributed by atoms with E-state index in [9.17, 15) is 4.79 Å². The van der Waals surface area contributed by atoms with Gasteiger partial charge in [0.1, 0.15) is 6.54 Å². The molecule has 0 aliphatic carbocycles. The monoisotopic (exact) mass is 315 g/mol. The van der Waals surface area contributed by atoms with Gasteiger partial charge in [0.25, 0.3) is 0 Å². The molecular formula is C10H10IN3O. The minimum atomic E-state index is 0.0713. The van der Waals surface area contributed by atoms with E-state index in [0.717, 1.165) is 3.57 Å². The van der Waals surface area contributed by atoms with Crippen LogP contribution in [0.25, 0.3) is 0 Å². The summed E-state index contributed by atoms with van der Waals surface area (Å²) in [6.07, 6.45) is 5.44. The first-order chi connectivity index (χ1) is 7.16. The summed E-state index contributed by atoms with van der Waals surface area (Å²) in [5.74, 6) is 0.0713. The summed E-state index contributed by atoms with van der Waals surface area (Å²) in [6, 6.07) is 3.68. The standard InChI is InChI=1S/C10H10IN3O/c1-13-4-2-3-9(13)10(15)7-14-6-8(11)5-12-14/h2-6H,7H2,1H3. The van der Waals surface area contributed by atoms with E-state index in [4.69, 9.17) is 0 Å². The maximum absolute atomic E-state index is 11.8. The van der Waals surface area contributed by atoms with E-state index in [1.54, 1.807) is 10.9 Å². The molecule has 5 heteroatoms. The topological polar surface area (TPSA) is 39.8 Å². The van der Waals surface area contributed by atoms with Crippen molar-refractivity contribution in [1.29, 1.82) is 0 Å². The summed E-state index contributed by atoms with van der Waals surface area (Å²) < 4.78 is 4.50. The number of hydrogen-bond acceptors (Lipinski definition) is 2. The Hall–Kier alpha value is -1.11. The van der Waals surface area contributed by atoms with E-state index in [0.29, 0.717) is 12.2 Å². The highest BCUT2D eigenvalue weighted by Crippen LogP contribution is 2.05. The largest absolute Gasteiger partial charge is 0.348 e. The molecule has 2 rings (SSSR count). The second-order valence-corrected chi connectivity index (χ2v) is 4.53. The van der Waals surface area contributed by atoms with Crippen molar-refractivity contribution in [2.24, 2.45) is 7.05 Å². The van der Waals surface area contributed by atoms with Crippen LogP contribution in [0.15, 0.2) is 30.7 Å². The minimum Gasteiger partial charge on any atom is -0.348 e. The summed E-state index contributed by atoms with van der Waals surface area (Å²) in [6.45, 7) is 0.293. The number of nitrogens with zero attached hydrogens (tertiary/aromatic N) is 3. The van der Waals surface area contributed by atoms with Crippen molar-refractivity contribution in [3.63, 3.8) is 0 Å². The zero-order valence-electron chi connectivity index (χ0n) is 8.22. The average molecular weight is 315 g/mol. The zero-order chi connectivity index (χ0) is 10.8. The third-order valence-corrected chi connectivity index (χ3v) is 2.69. The van der Waals surface area contributed by atoms with E-state index in [1.165, 1.54) is 0 Å². The van der Waals surface area contributed by atoms with Crippen molar-refractivity contribution >= 4 is 28.4 Å². The Morgan fingerprint density at radius 2 is 2.40 bits per heavy atom. The van der Waals surface area contributed by atoms with E-state index in [-0.39, 0.29) is 5.78 Å². The van der Waals surface area contributed by atoms with Crippen LogP contribution in [-0.2, 0) is 13.6 Å². The molecule has 0 aliphatic heterocycles. The Labute approximate surface area is 101 Å². The number of Topliss-reactive ketones (excluding diaryl/α,β-unsaturated/α-hetero) is 1. The van der Waals surface area contributed by atoms with Crippen LogP contribution in [0.4, 0.5) is 0 Å². The molecular weight excluding hydrogens is 305 g/mol. The van der Waals surface area contributed by atoms with Crippen LogP contribution >= 0.6 is 22.6 Å². The van der Waals surface area contributed by atoms with Crippen LogP contribution < -0.4 is 0 Å². The van der Waals surface area contributed by atoms with Crippen molar-refractivity contribution in [2.75, 3.05) is 0 Å². The maximum Gasteiger partial charge on any atom is 0.200 e. The molecule has 0 saturated carbocycles. The van der Waals surface area contributed by atoms with Gasteiger partial charge in [-0.1, -0.05) is 0 Å². The lowest BCUT2D eigenvalue weighted by Gasteiger charge is -2.02. The predicted octanol–water partition coefficient (Wildman–Crippen LogP) is 1.71. The first-order valence-electron chi connectivity index (χ1n) is 4.49. The number of aromatic nitrogens is 3. The SMILES string of the molecule is Cn1cccc1C(=O)Cn1cc(I)cn1. The highest BCUT2D eigenvalue weighted by molar-refractivity contribution is 14.1. The van der Waals surface area contributed by atoms with Crippen molar-refractivity contribution in [2.45, 2.75) is 6.54 Å². The van der Waals surface area contributed by atoms with Crippen molar-refractivity contribution in [1.82, 2.24) is 14.3 Å². The average Bonchev–Trinajstić information content (AvgIpc) is 2.75. The van der Waals surface area contributed by atoms with Gasteiger partial charge in [-0.05, 0) is 34.7 Å². The summed E-state index contributed by atoms with van der Waals surface area (Å²) in [7, 11) is 1.86. The fourth-order valence-electron chi connectivity index (χ4n) is 1.40. The number of ketones is 1. The molecule has 78 valence electrons.